The Labute approximate surface area is 135 Å². The van der Waals surface area contributed by atoms with Crippen molar-refractivity contribution in [3.63, 3.8) is 0 Å². The van der Waals surface area contributed by atoms with E-state index in [0.29, 0.717) is 12.1 Å². The zero-order chi connectivity index (χ0) is 17.2. The fourth-order valence-electron chi connectivity index (χ4n) is 2.57. The molecule has 0 saturated carbocycles. The summed E-state index contributed by atoms with van der Waals surface area (Å²) in [6.45, 7) is 4.43. The zero-order valence-corrected chi connectivity index (χ0v) is 14.0. The molecule has 2 amide bonds. The summed E-state index contributed by atoms with van der Waals surface area (Å²) in [6.07, 6.45) is 0.210. The molecule has 1 aliphatic rings. The minimum atomic E-state index is -3.77. The van der Waals surface area contributed by atoms with Crippen LogP contribution >= 0.6 is 0 Å². The Morgan fingerprint density at radius 1 is 1.43 bits per heavy atom. The number of carbonyl (C=O) groups is 2. The zero-order valence-electron chi connectivity index (χ0n) is 13.2. The van der Waals surface area contributed by atoms with Crippen molar-refractivity contribution in [1.82, 2.24) is 10.2 Å². The van der Waals surface area contributed by atoms with Gasteiger partial charge in [-0.15, -0.1) is 0 Å². The number of primary sulfonamides is 1. The summed E-state index contributed by atoms with van der Waals surface area (Å²) < 4.78 is 22.6. The van der Waals surface area contributed by atoms with Gasteiger partial charge in [0.1, 0.15) is 0 Å². The molecule has 0 unspecified atom stereocenters. The fourth-order valence-corrected chi connectivity index (χ4v) is 3.16. The van der Waals surface area contributed by atoms with Crippen molar-refractivity contribution >= 4 is 21.8 Å². The van der Waals surface area contributed by atoms with Gasteiger partial charge in [-0.05, 0) is 31.5 Å². The Morgan fingerprint density at radius 3 is 2.70 bits per heavy atom. The lowest BCUT2D eigenvalue weighted by Crippen LogP contribution is -2.35. The number of carbonyl (C=O) groups excluding carboxylic acids is 2. The summed E-state index contributed by atoms with van der Waals surface area (Å²) in [6, 6.07) is 6.18. The molecule has 1 aliphatic heterocycles. The van der Waals surface area contributed by atoms with Crippen LogP contribution in [-0.4, -0.2) is 37.7 Å². The van der Waals surface area contributed by atoms with Gasteiger partial charge in [-0.3, -0.25) is 9.59 Å². The summed E-state index contributed by atoms with van der Waals surface area (Å²) in [5.74, 6) is -0.592. The maximum Gasteiger partial charge on any atom is 0.238 e. The molecule has 1 heterocycles. The molecule has 8 heteroatoms. The van der Waals surface area contributed by atoms with Crippen LogP contribution in [-0.2, 0) is 26.2 Å². The highest BCUT2D eigenvalue weighted by Gasteiger charge is 2.35. The minimum Gasteiger partial charge on any atom is -0.352 e. The third kappa shape index (κ3) is 4.29. The Hall–Kier alpha value is -1.93. The molecule has 1 atom stereocenters. The van der Waals surface area contributed by atoms with Crippen LogP contribution in [0, 0.1) is 5.92 Å². The first-order valence-electron chi connectivity index (χ1n) is 7.37. The maximum absolute atomic E-state index is 12.2. The molecule has 23 heavy (non-hydrogen) atoms. The van der Waals surface area contributed by atoms with Gasteiger partial charge in [0.25, 0.3) is 0 Å². The van der Waals surface area contributed by atoms with E-state index in [2.05, 4.69) is 5.32 Å². The van der Waals surface area contributed by atoms with E-state index in [-0.39, 0.29) is 41.6 Å². The SMILES string of the molecule is CC(C)N1C[C@H](C(=O)NCc2cccc(S(N)(=O)=O)c2)CC1=O. The predicted molar refractivity (Wildman–Crippen MR) is 84.6 cm³/mol. The Morgan fingerprint density at radius 2 is 2.13 bits per heavy atom. The Balaban J connectivity index is 1.97. The van der Waals surface area contributed by atoms with Gasteiger partial charge in [0.2, 0.25) is 21.8 Å². The second-order valence-corrected chi connectivity index (χ2v) is 7.51. The van der Waals surface area contributed by atoms with Gasteiger partial charge in [-0.1, -0.05) is 12.1 Å². The highest BCUT2D eigenvalue weighted by atomic mass is 32.2. The standard InChI is InChI=1S/C15H21N3O4S/c1-10(2)18-9-12(7-14(18)19)15(20)17-8-11-4-3-5-13(6-11)23(16,21)22/h3-6,10,12H,7-9H2,1-2H3,(H,17,20)(H2,16,21,22)/t12-/m1/s1. The normalized spacial score (nSPS) is 18.5. The number of hydrogen-bond acceptors (Lipinski definition) is 4. The Bertz CT molecular complexity index is 715. The number of amides is 2. The van der Waals surface area contributed by atoms with Gasteiger partial charge in [-0.25, -0.2) is 13.6 Å². The summed E-state index contributed by atoms with van der Waals surface area (Å²) in [5.41, 5.74) is 0.634. The molecule has 0 aromatic heterocycles. The van der Waals surface area contributed by atoms with Crippen LogP contribution in [0.2, 0.25) is 0 Å². The van der Waals surface area contributed by atoms with Gasteiger partial charge >= 0.3 is 0 Å². The van der Waals surface area contributed by atoms with Crippen LogP contribution in [0.3, 0.4) is 0 Å². The highest BCUT2D eigenvalue weighted by molar-refractivity contribution is 7.89. The molecular formula is C15H21N3O4S. The van der Waals surface area contributed by atoms with E-state index in [9.17, 15) is 18.0 Å². The van der Waals surface area contributed by atoms with Crippen molar-refractivity contribution in [2.45, 2.75) is 37.8 Å². The van der Waals surface area contributed by atoms with Crippen LogP contribution in [0.5, 0.6) is 0 Å². The van der Waals surface area contributed by atoms with E-state index in [1.807, 2.05) is 13.8 Å². The van der Waals surface area contributed by atoms with E-state index < -0.39 is 10.0 Å². The van der Waals surface area contributed by atoms with E-state index in [1.165, 1.54) is 12.1 Å². The lowest BCUT2D eigenvalue weighted by Gasteiger charge is -2.20. The summed E-state index contributed by atoms with van der Waals surface area (Å²) in [4.78, 5) is 25.7. The molecule has 7 nitrogen and oxygen atoms in total. The molecular weight excluding hydrogens is 318 g/mol. The van der Waals surface area contributed by atoms with Crippen molar-refractivity contribution in [3.05, 3.63) is 29.8 Å². The van der Waals surface area contributed by atoms with Crippen molar-refractivity contribution in [2.75, 3.05) is 6.54 Å². The second kappa shape index (κ2) is 6.67. The molecule has 3 N–H and O–H groups in total. The third-order valence-electron chi connectivity index (χ3n) is 3.85. The number of hydrogen-bond donors (Lipinski definition) is 2. The van der Waals surface area contributed by atoms with Crippen LogP contribution in [0.1, 0.15) is 25.8 Å². The first-order chi connectivity index (χ1) is 10.7. The number of rotatable bonds is 5. The van der Waals surface area contributed by atoms with Gasteiger partial charge in [0.15, 0.2) is 0 Å². The number of sulfonamides is 1. The van der Waals surface area contributed by atoms with Gasteiger partial charge in [-0.2, -0.15) is 0 Å². The van der Waals surface area contributed by atoms with E-state index in [1.54, 1.807) is 17.0 Å². The molecule has 0 bridgehead atoms. The van der Waals surface area contributed by atoms with E-state index in [0.717, 1.165) is 0 Å². The fraction of sp³-hybridized carbons (Fsp3) is 0.467. The van der Waals surface area contributed by atoms with Crippen molar-refractivity contribution in [2.24, 2.45) is 11.1 Å². The molecule has 0 spiro atoms. The average Bonchev–Trinajstić information content (AvgIpc) is 2.86. The Kier molecular flexibility index (Phi) is 5.06. The van der Waals surface area contributed by atoms with Gasteiger partial charge in [0, 0.05) is 25.6 Å². The molecule has 1 aromatic carbocycles. The lowest BCUT2D eigenvalue weighted by atomic mass is 10.1. The van der Waals surface area contributed by atoms with Crippen LogP contribution in [0.15, 0.2) is 29.2 Å². The summed E-state index contributed by atoms with van der Waals surface area (Å²) in [7, 11) is -3.77. The van der Waals surface area contributed by atoms with Gasteiger partial charge < -0.3 is 10.2 Å². The molecule has 1 aromatic rings. The van der Waals surface area contributed by atoms with E-state index in [4.69, 9.17) is 5.14 Å². The van der Waals surface area contributed by atoms with Gasteiger partial charge in [0.05, 0.1) is 10.8 Å². The monoisotopic (exact) mass is 339 g/mol. The van der Waals surface area contributed by atoms with Crippen molar-refractivity contribution in [1.29, 1.82) is 0 Å². The quantitative estimate of drug-likeness (QED) is 0.799. The minimum absolute atomic E-state index is 0.00581. The summed E-state index contributed by atoms with van der Waals surface area (Å²) in [5, 5.41) is 7.83. The van der Waals surface area contributed by atoms with Crippen LogP contribution in [0.25, 0.3) is 0 Å². The smallest absolute Gasteiger partial charge is 0.238 e. The number of nitrogens with one attached hydrogen (secondary N) is 1. The lowest BCUT2D eigenvalue weighted by molar-refractivity contribution is -0.130. The molecule has 126 valence electrons. The number of benzene rings is 1. The first-order valence-corrected chi connectivity index (χ1v) is 8.92. The largest absolute Gasteiger partial charge is 0.352 e. The highest BCUT2D eigenvalue weighted by Crippen LogP contribution is 2.20. The number of nitrogens with two attached hydrogens (primary N) is 1. The maximum atomic E-state index is 12.2. The third-order valence-corrected chi connectivity index (χ3v) is 4.76. The average molecular weight is 339 g/mol. The number of likely N-dealkylation sites (tertiary alicyclic amines) is 1. The van der Waals surface area contributed by atoms with Crippen molar-refractivity contribution in [3.8, 4) is 0 Å². The van der Waals surface area contributed by atoms with Crippen LogP contribution in [0.4, 0.5) is 0 Å². The van der Waals surface area contributed by atoms with Crippen LogP contribution < -0.4 is 10.5 Å². The summed E-state index contributed by atoms with van der Waals surface area (Å²) >= 11 is 0. The molecule has 1 fully saturated rings. The first kappa shape index (κ1) is 17.4. The van der Waals surface area contributed by atoms with E-state index >= 15 is 0 Å². The molecule has 0 radical (unpaired) electrons. The second-order valence-electron chi connectivity index (χ2n) is 5.95. The number of nitrogens with zero attached hydrogens (tertiary/aromatic N) is 1. The molecule has 1 saturated heterocycles. The molecule has 2 rings (SSSR count). The van der Waals surface area contributed by atoms with Crippen molar-refractivity contribution < 1.29 is 18.0 Å². The predicted octanol–water partition coefficient (Wildman–Crippen LogP) is 0.207. The molecule has 0 aliphatic carbocycles. The topological polar surface area (TPSA) is 110 Å².